The molecule has 5 nitrogen and oxygen atoms in total. The second-order valence-corrected chi connectivity index (χ2v) is 6.51. The van der Waals surface area contributed by atoms with Crippen LogP contribution in [0.15, 0.2) is 17.8 Å². The minimum atomic E-state index is 0. The van der Waals surface area contributed by atoms with Gasteiger partial charge in [-0.2, -0.15) is 0 Å². The average molecular weight is 378 g/mol. The molecule has 1 fully saturated rings. The van der Waals surface area contributed by atoms with E-state index in [2.05, 4.69) is 39.1 Å². The van der Waals surface area contributed by atoms with Crippen LogP contribution in [-0.2, 0) is 20.0 Å². The number of halogens is 2. The maximum atomic E-state index is 4.76. The molecule has 1 aliphatic rings. The fourth-order valence-corrected chi connectivity index (χ4v) is 3.74. The lowest BCUT2D eigenvalue weighted by molar-refractivity contribution is 0.143. The van der Waals surface area contributed by atoms with Gasteiger partial charge in [0.25, 0.3) is 0 Å². The third kappa shape index (κ3) is 4.90. The van der Waals surface area contributed by atoms with Gasteiger partial charge in [0, 0.05) is 51.0 Å². The van der Waals surface area contributed by atoms with Crippen LogP contribution >= 0.6 is 36.2 Å². The molecule has 1 saturated heterocycles. The van der Waals surface area contributed by atoms with E-state index < -0.39 is 0 Å². The van der Waals surface area contributed by atoms with E-state index in [0.29, 0.717) is 6.04 Å². The second-order valence-electron chi connectivity index (χ2n) is 5.57. The molecule has 0 amide bonds. The van der Waals surface area contributed by atoms with Gasteiger partial charge in [-0.3, -0.25) is 4.90 Å². The number of hydrogen-bond donors (Lipinski definition) is 1. The zero-order valence-electron chi connectivity index (χ0n) is 13.6. The van der Waals surface area contributed by atoms with Crippen LogP contribution in [0.25, 0.3) is 0 Å². The van der Waals surface area contributed by atoms with Crippen molar-refractivity contribution < 1.29 is 0 Å². The van der Waals surface area contributed by atoms with Gasteiger partial charge >= 0.3 is 0 Å². The van der Waals surface area contributed by atoms with Crippen molar-refractivity contribution in [2.24, 2.45) is 7.05 Å². The van der Waals surface area contributed by atoms with E-state index in [9.17, 15) is 0 Å². The lowest BCUT2D eigenvalue weighted by atomic mass is 10.1. The number of aromatic nitrogens is 3. The highest BCUT2D eigenvalue weighted by molar-refractivity contribution is 7.09. The molecule has 2 aromatic heterocycles. The lowest BCUT2D eigenvalue weighted by Crippen LogP contribution is -2.46. The van der Waals surface area contributed by atoms with E-state index in [-0.39, 0.29) is 24.8 Å². The summed E-state index contributed by atoms with van der Waals surface area (Å²) in [6, 6.07) is 0.329. The van der Waals surface area contributed by atoms with E-state index in [1.54, 1.807) is 11.3 Å². The first-order valence-corrected chi connectivity index (χ1v) is 8.51. The molecule has 1 unspecified atom stereocenters. The van der Waals surface area contributed by atoms with Crippen LogP contribution in [0.5, 0.6) is 0 Å². The van der Waals surface area contributed by atoms with Crippen LogP contribution in [0.2, 0.25) is 0 Å². The summed E-state index contributed by atoms with van der Waals surface area (Å²) in [7, 11) is 2.07. The predicted octanol–water partition coefficient (Wildman–Crippen LogP) is 2.82. The first-order valence-electron chi connectivity index (χ1n) is 7.63. The van der Waals surface area contributed by atoms with Gasteiger partial charge < -0.3 is 9.88 Å². The minimum Gasteiger partial charge on any atom is -0.337 e. The van der Waals surface area contributed by atoms with E-state index in [1.165, 1.54) is 10.7 Å². The van der Waals surface area contributed by atoms with Crippen molar-refractivity contribution >= 4 is 36.2 Å². The Balaban J connectivity index is 0.00000132. The molecule has 0 bridgehead atoms. The molecule has 0 spiro atoms. The lowest BCUT2D eigenvalue weighted by Gasteiger charge is -2.35. The zero-order chi connectivity index (χ0) is 14.7. The molecule has 2 aromatic rings. The van der Waals surface area contributed by atoms with E-state index >= 15 is 0 Å². The Bertz CT molecular complexity index is 586. The van der Waals surface area contributed by atoms with Gasteiger partial charge in [0.05, 0.1) is 16.7 Å². The highest BCUT2D eigenvalue weighted by Crippen LogP contribution is 2.23. The van der Waals surface area contributed by atoms with Gasteiger partial charge in [0.2, 0.25) is 0 Å². The molecule has 1 N–H and O–H groups in total. The molecule has 0 radical (unpaired) electrons. The Hall–Kier alpha value is -0.660. The summed E-state index contributed by atoms with van der Waals surface area (Å²) in [6.07, 6.45) is 6.15. The zero-order valence-corrected chi connectivity index (χ0v) is 16.0. The van der Waals surface area contributed by atoms with Crippen molar-refractivity contribution in [3.8, 4) is 0 Å². The fraction of sp³-hybridized carbons (Fsp3) is 0.600. The molecule has 0 aliphatic carbocycles. The van der Waals surface area contributed by atoms with Crippen molar-refractivity contribution in [2.75, 3.05) is 19.6 Å². The first-order chi connectivity index (χ1) is 10.3. The highest BCUT2D eigenvalue weighted by Gasteiger charge is 2.27. The molecular formula is C15H25Cl2N5S. The number of imidazole rings is 1. The van der Waals surface area contributed by atoms with Crippen molar-refractivity contribution in [1.82, 2.24) is 24.8 Å². The quantitative estimate of drug-likeness (QED) is 0.869. The Morgan fingerprint density at radius 3 is 2.91 bits per heavy atom. The molecule has 0 aromatic carbocycles. The largest absolute Gasteiger partial charge is 0.337 e. The topological polar surface area (TPSA) is 46.0 Å². The standard InChI is InChI=1S/C15H23N5S.2ClH/c1-3-4-14-18-12(11-21-14)10-20-8-5-16-9-13(20)15-17-6-7-19(15)2;;/h6-7,11,13,16H,3-5,8-10H2,1-2H3;2*1H. The van der Waals surface area contributed by atoms with Crippen molar-refractivity contribution in [2.45, 2.75) is 32.4 Å². The number of hydrogen-bond acceptors (Lipinski definition) is 5. The molecule has 3 heterocycles. The predicted molar refractivity (Wildman–Crippen MR) is 99.8 cm³/mol. The molecule has 1 aliphatic heterocycles. The molecular weight excluding hydrogens is 353 g/mol. The summed E-state index contributed by atoms with van der Waals surface area (Å²) in [5.74, 6) is 1.13. The first kappa shape index (κ1) is 20.4. The Kier molecular flexibility index (Phi) is 8.50. The average Bonchev–Trinajstić information content (AvgIpc) is 3.09. The van der Waals surface area contributed by atoms with Gasteiger partial charge in [0.1, 0.15) is 5.82 Å². The Morgan fingerprint density at radius 2 is 2.22 bits per heavy atom. The smallest absolute Gasteiger partial charge is 0.127 e. The molecule has 130 valence electrons. The summed E-state index contributed by atoms with van der Waals surface area (Å²) in [5, 5.41) is 6.95. The van der Waals surface area contributed by atoms with Crippen LogP contribution in [0, 0.1) is 0 Å². The van der Waals surface area contributed by atoms with E-state index in [0.717, 1.165) is 44.8 Å². The Labute approximate surface area is 154 Å². The Morgan fingerprint density at radius 1 is 1.39 bits per heavy atom. The van der Waals surface area contributed by atoms with Crippen LogP contribution in [0.3, 0.4) is 0 Å². The molecule has 3 rings (SSSR count). The molecule has 23 heavy (non-hydrogen) atoms. The van der Waals surface area contributed by atoms with Gasteiger partial charge in [-0.05, 0) is 12.8 Å². The van der Waals surface area contributed by atoms with Gasteiger partial charge in [0.15, 0.2) is 0 Å². The number of thiazole rings is 1. The number of rotatable bonds is 5. The molecule has 8 heteroatoms. The summed E-state index contributed by atoms with van der Waals surface area (Å²) in [6.45, 7) is 6.15. The van der Waals surface area contributed by atoms with Crippen LogP contribution in [0.1, 0.15) is 35.9 Å². The highest BCUT2D eigenvalue weighted by atomic mass is 35.5. The van der Waals surface area contributed by atoms with E-state index in [4.69, 9.17) is 4.98 Å². The van der Waals surface area contributed by atoms with Crippen molar-refractivity contribution in [3.63, 3.8) is 0 Å². The maximum absolute atomic E-state index is 4.76. The third-order valence-corrected chi connectivity index (χ3v) is 4.90. The van der Waals surface area contributed by atoms with Crippen LogP contribution in [-0.4, -0.2) is 39.1 Å². The normalized spacial score (nSPS) is 18.3. The maximum Gasteiger partial charge on any atom is 0.127 e. The number of piperazine rings is 1. The monoisotopic (exact) mass is 377 g/mol. The SMILES string of the molecule is CCCc1nc(CN2CCNCC2c2nccn2C)cs1.Cl.Cl. The third-order valence-electron chi connectivity index (χ3n) is 3.94. The summed E-state index contributed by atoms with van der Waals surface area (Å²) in [4.78, 5) is 11.8. The molecule has 1 atom stereocenters. The number of aryl methyl sites for hydroxylation is 2. The molecule has 0 saturated carbocycles. The van der Waals surface area contributed by atoms with Crippen LogP contribution < -0.4 is 5.32 Å². The summed E-state index contributed by atoms with van der Waals surface area (Å²) >= 11 is 1.79. The van der Waals surface area contributed by atoms with Crippen molar-refractivity contribution in [1.29, 1.82) is 0 Å². The fourth-order valence-electron chi connectivity index (χ4n) is 2.85. The van der Waals surface area contributed by atoms with E-state index in [1.807, 2.05) is 12.4 Å². The number of nitrogens with zero attached hydrogens (tertiary/aromatic N) is 4. The minimum absolute atomic E-state index is 0. The van der Waals surface area contributed by atoms with Crippen LogP contribution in [0.4, 0.5) is 0 Å². The second kappa shape index (κ2) is 9.59. The number of nitrogens with one attached hydrogen (secondary N) is 1. The van der Waals surface area contributed by atoms with Crippen molar-refractivity contribution in [3.05, 3.63) is 34.3 Å². The van der Waals surface area contributed by atoms with Gasteiger partial charge in [-0.15, -0.1) is 36.2 Å². The summed E-state index contributed by atoms with van der Waals surface area (Å²) < 4.78 is 2.12. The van der Waals surface area contributed by atoms with Gasteiger partial charge in [-0.25, -0.2) is 9.97 Å². The van der Waals surface area contributed by atoms with Gasteiger partial charge in [-0.1, -0.05) is 6.92 Å². The summed E-state index contributed by atoms with van der Waals surface area (Å²) in [5.41, 5.74) is 1.20.